The molecule has 0 spiro atoms. The lowest BCUT2D eigenvalue weighted by atomic mass is 9.99. The average Bonchev–Trinajstić information content (AvgIpc) is 2.81. The molecule has 0 aliphatic heterocycles. The Balaban J connectivity index is 1.86. The third kappa shape index (κ3) is 4.48. The Morgan fingerprint density at radius 2 is 1.34 bits per heavy atom. The molecule has 2 aliphatic rings. The van der Waals surface area contributed by atoms with Crippen LogP contribution >= 0.6 is 7.92 Å². The van der Waals surface area contributed by atoms with Gasteiger partial charge in [0.1, 0.15) is 11.5 Å². The normalized spacial score (nSPS) is 19.2. The molecule has 2 fully saturated rings. The summed E-state index contributed by atoms with van der Waals surface area (Å²) in [6, 6.07) is 13.1. The zero-order valence-corrected chi connectivity index (χ0v) is 18.8. The molecule has 0 unspecified atom stereocenters. The number of methoxy groups -OCH3 is 2. The zero-order chi connectivity index (χ0) is 20.9. The molecule has 0 heterocycles. The smallest absolute Gasteiger partial charge is 0.130 e. The van der Waals surface area contributed by atoms with Gasteiger partial charge in [-0.1, -0.05) is 76.8 Å². The van der Waals surface area contributed by atoms with Gasteiger partial charge >= 0.3 is 0 Å². The molecule has 0 N–H and O–H groups in total. The lowest BCUT2D eigenvalue weighted by Gasteiger charge is -2.39. The molecule has 0 atom stereocenters. The van der Waals surface area contributed by atoms with E-state index in [0.29, 0.717) is 11.8 Å². The number of rotatable bonds is 6. The predicted molar refractivity (Wildman–Crippen MR) is 125 cm³/mol. The van der Waals surface area contributed by atoms with E-state index in [1.54, 1.807) is 20.3 Å². The van der Waals surface area contributed by atoms with Gasteiger partial charge in [0.15, 0.2) is 0 Å². The van der Waals surface area contributed by atoms with Crippen LogP contribution in [0.3, 0.4) is 0 Å². The highest BCUT2D eigenvalue weighted by molar-refractivity contribution is 7.67. The van der Waals surface area contributed by atoms with Crippen LogP contribution in [0.15, 0.2) is 42.4 Å². The van der Waals surface area contributed by atoms with E-state index >= 15 is 0 Å². The Kier molecular flexibility index (Phi) is 6.69. The van der Waals surface area contributed by atoms with Gasteiger partial charge in [-0.2, -0.15) is 0 Å². The van der Waals surface area contributed by atoms with E-state index < -0.39 is 0 Å². The predicted octanol–water partition coefficient (Wildman–Crippen LogP) is 7.14. The molecule has 2 aromatic rings. The van der Waals surface area contributed by atoms with Gasteiger partial charge in [0.25, 0.3) is 0 Å². The second kappa shape index (κ2) is 9.98. The summed E-state index contributed by atoms with van der Waals surface area (Å²) in [6.07, 6.45) is 13.8. The van der Waals surface area contributed by atoms with Gasteiger partial charge in [0, 0.05) is 0 Å². The molecule has 0 radical (unpaired) electrons. The molecule has 2 nitrogen and oxygen atoms in total. The van der Waals surface area contributed by atoms with Crippen molar-refractivity contribution < 1.29 is 10.8 Å². The summed E-state index contributed by atoms with van der Waals surface area (Å²) in [4.78, 5) is 0. The molecule has 2 aliphatic carbocycles. The minimum absolute atomic E-state index is 0.253. The number of ether oxygens (including phenoxy) is 2. The van der Waals surface area contributed by atoms with Crippen molar-refractivity contribution in [2.75, 3.05) is 14.2 Å². The molecule has 2 aromatic carbocycles. The van der Waals surface area contributed by atoms with Gasteiger partial charge < -0.3 is 9.47 Å². The fraction of sp³-hybridized carbons (Fsp3) is 0.538. The summed E-state index contributed by atoms with van der Waals surface area (Å²) in [7, 11) is 3.14. The lowest BCUT2D eigenvalue weighted by Crippen LogP contribution is -2.27. The Morgan fingerprint density at radius 3 is 1.93 bits per heavy atom. The summed E-state index contributed by atoms with van der Waals surface area (Å²) >= 11 is 0. The number of hydrogen-bond acceptors (Lipinski definition) is 2. The standard InChI is InChI=1S/C26H35O2P/c1-27-23-17-11-18-24(28-2)26(23)22-16-9-10-19-25(22)29(20-12-5-3-6-13-20)21-14-7-4-8-15-21/h9-11,16-21H,3-8,12-15H2,1-2H3/i17D. The SMILES string of the molecule is [2H]c1ccc(OC)c(-c2ccccc2P(C2CCCCC2)C2CCCCC2)c1OC. The second-order valence-electron chi connectivity index (χ2n) is 8.46. The van der Waals surface area contributed by atoms with Crippen LogP contribution in [0.1, 0.15) is 65.6 Å². The Morgan fingerprint density at radius 1 is 0.759 bits per heavy atom. The first-order valence-corrected chi connectivity index (χ1v) is 12.8. The highest BCUT2D eigenvalue weighted by Crippen LogP contribution is 2.57. The quantitative estimate of drug-likeness (QED) is 0.470. The molecule has 4 rings (SSSR count). The van der Waals surface area contributed by atoms with Crippen molar-refractivity contribution in [1.82, 2.24) is 0 Å². The fourth-order valence-corrected chi connectivity index (χ4v) is 9.32. The van der Waals surface area contributed by atoms with Crippen LogP contribution in [-0.4, -0.2) is 25.5 Å². The van der Waals surface area contributed by atoms with Crippen LogP contribution in [0.2, 0.25) is 0 Å². The van der Waals surface area contributed by atoms with Crippen molar-refractivity contribution >= 4 is 13.2 Å². The Bertz CT molecular complexity index is 823. The van der Waals surface area contributed by atoms with E-state index in [9.17, 15) is 0 Å². The average molecular weight is 412 g/mol. The highest BCUT2D eigenvalue weighted by atomic mass is 31.1. The first kappa shape index (κ1) is 19.4. The summed E-state index contributed by atoms with van der Waals surface area (Å²) in [5.41, 5.74) is 3.84. The summed E-state index contributed by atoms with van der Waals surface area (Å²) in [5.74, 6) is 1.43. The van der Waals surface area contributed by atoms with Crippen LogP contribution in [0, 0.1) is 0 Å². The first-order chi connectivity index (χ1) is 14.7. The topological polar surface area (TPSA) is 18.5 Å². The summed E-state index contributed by atoms with van der Waals surface area (Å²) in [6.45, 7) is 0. The van der Waals surface area contributed by atoms with Crippen LogP contribution in [-0.2, 0) is 0 Å². The first-order valence-electron chi connectivity index (χ1n) is 11.8. The van der Waals surface area contributed by atoms with E-state index in [4.69, 9.17) is 10.8 Å². The molecule has 0 bridgehead atoms. The van der Waals surface area contributed by atoms with Gasteiger partial charge in [-0.3, -0.25) is 0 Å². The molecular formula is C26H35O2P. The molecule has 3 heteroatoms. The van der Waals surface area contributed by atoms with Crippen LogP contribution in [0.5, 0.6) is 11.5 Å². The number of benzene rings is 2. The third-order valence-corrected chi connectivity index (χ3v) is 10.3. The van der Waals surface area contributed by atoms with E-state index in [2.05, 4.69) is 24.3 Å². The van der Waals surface area contributed by atoms with Crippen molar-refractivity contribution in [3.05, 3.63) is 42.4 Å². The van der Waals surface area contributed by atoms with Crippen LogP contribution < -0.4 is 14.8 Å². The van der Waals surface area contributed by atoms with Gasteiger partial charge in [0.05, 0.1) is 21.2 Å². The van der Waals surface area contributed by atoms with E-state index in [1.165, 1.54) is 75.1 Å². The van der Waals surface area contributed by atoms with Crippen molar-refractivity contribution in [2.24, 2.45) is 0 Å². The zero-order valence-electron chi connectivity index (χ0n) is 19.0. The fourth-order valence-electron chi connectivity index (χ4n) is 5.37. The minimum Gasteiger partial charge on any atom is -0.496 e. The summed E-state index contributed by atoms with van der Waals surface area (Å²) in [5, 5.41) is 1.51. The van der Waals surface area contributed by atoms with Gasteiger partial charge in [-0.25, -0.2) is 0 Å². The lowest BCUT2D eigenvalue weighted by molar-refractivity contribution is 0.397. The second-order valence-corrected chi connectivity index (χ2v) is 11.2. The van der Waals surface area contributed by atoms with Crippen LogP contribution in [0.4, 0.5) is 0 Å². The maximum absolute atomic E-state index is 8.43. The minimum atomic E-state index is -0.253. The largest absolute Gasteiger partial charge is 0.496 e. The third-order valence-electron chi connectivity index (χ3n) is 6.73. The van der Waals surface area contributed by atoms with Gasteiger partial charge in [-0.05, 0) is 60.0 Å². The van der Waals surface area contributed by atoms with Crippen molar-refractivity contribution in [1.29, 1.82) is 0 Å². The Labute approximate surface area is 179 Å². The van der Waals surface area contributed by atoms with Crippen molar-refractivity contribution in [3.8, 4) is 22.6 Å². The molecule has 0 saturated heterocycles. The van der Waals surface area contributed by atoms with E-state index in [-0.39, 0.29) is 7.92 Å². The molecule has 29 heavy (non-hydrogen) atoms. The monoisotopic (exact) mass is 411 g/mol. The summed E-state index contributed by atoms with van der Waals surface area (Å²) < 4.78 is 19.9. The van der Waals surface area contributed by atoms with Gasteiger partial charge in [-0.15, -0.1) is 0 Å². The highest BCUT2D eigenvalue weighted by Gasteiger charge is 2.34. The molecule has 2 saturated carbocycles. The van der Waals surface area contributed by atoms with E-state index in [1.807, 2.05) is 6.07 Å². The molecule has 0 amide bonds. The maximum atomic E-state index is 8.43. The van der Waals surface area contributed by atoms with E-state index in [0.717, 1.165) is 22.6 Å². The maximum Gasteiger partial charge on any atom is 0.130 e. The van der Waals surface area contributed by atoms with Crippen LogP contribution in [0.25, 0.3) is 11.1 Å². The molecule has 156 valence electrons. The molecular weight excluding hydrogens is 375 g/mol. The van der Waals surface area contributed by atoms with Crippen molar-refractivity contribution in [3.63, 3.8) is 0 Å². The molecule has 0 aromatic heterocycles. The Hall–Kier alpha value is -1.53. The van der Waals surface area contributed by atoms with Gasteiger partial charge in [0.2, 0.25) is 0 Å². The van der Waals surface area contributed by atoms with Crippen molar-refractivity contribution in [2.45, 2.75) is 75.5 Å². The number of hydrogen-bond donors (Lipinski definition) is 0.